The predicted octanol–water partition coefficient (Wildman–Crippen LogP) is 2.67. The van der Waals surface area contributed by atoms with Crippen LogP contribution in [0.4, 0.5) is 5.69 Å². The van der Waals surface area contributed by atoms with Crippen LogP contribution in [0.5, 0.6) is 17.2 Å². The van der Waals surface area contributed by atoms with Crippen LogP contribution >= 0.6 is 0 Å². The second-order valence-electron chi connectivity index (χ2n) is 7.24. The number of carbonyl (C=O) groups excluding carboxylic acids is 1. The van der Waals surface area contributed by atoms with E-state index in [0.29, 0.717) is 17.2 Å². The molecule has 2 aromatic rings. The largest absolute Gasteiger partial charge is 0.493 e. The Morgan fingerprint density at radius 2 is 1.65 bits per heavy atom. The van der Waals surface area contributed by atoms with Crippen molar-refractivity contribution in [2.75, 3.05) is 37.9 Å². The highest BCUT2D eigenvalue weighted by atomic mass is 32.2. The lowest BCUT2D eigenvalue weighted by Gasteiger charge is -2.28. The van der Waals surface area contributed by atoms with Crippen LogP contribution < -0.4 is 23.8 Å². The number of rotatable bonds is 10. The third kappa shape index (κ3) is 6.52. The van der Waals surface area contributed by atoms with Crippen LogP contribution in [0.1, 0.15) is 18.1 Å². The van der Waals surface area contributed by atoms with Gasteiger partial charge in [-0.1, -0.05) is 6.07 Å². The zero-order chi connectivity index (χ0) is 23.2. The molecule has 170 valence electrons. The lowest BCUT2D eigenvalue weighted by molar-refractivity contribution is -0.121. The summed E-state index contributed by atoms with van der Waals surface area (Å²) in [5, 5.41) is 2.73. The molecule has 0 aliphatic carbocycles. The summed E-state index contributed by atoms with van der Waals surface area (Å²) in [5.41, 5.74) is 2.48. The molecule has 9 heteroatoms. The van der Waals surface area contributed by atoms with Crippen LogP contribution in [0, 0.1) is 13.8 Å². The summed E-state index contributed by atoms with van der Waals surface area (Å²) in [4.78, 5) is 12.7. The van der Waals surface area contributed by atoms with Crippen molar-refractivity contribution in [1.82, 2.24) is 5.32 Å². The van der Waals surface area contributed by atoms with Gasteiger partial charge in [0.15, 0.2) is 11.5 Å². The molecule has 0 saturated heterocycles. The molecule has 0 heterocycles. The van der Waals surface area contributed by atoms with Gasteiger partial charge in [0.25, 0.3) is 0 Å². The number of ether oxygens (including phenoxy) is 3. The first kappa shape index (κ1) is 24.3. The van der Waals surface area contributed by atoms with Gasteiger partial charge >= 0.3 is 0 Å². The van der Waals surface area contributed by atoms with Gasteiger partial charge in [-0.05, 0) is 56.2 Å². The zero-order valence-corrected chi connectivity index (χ0v) is 19.6. The van der Waals surface area contributed by atoms with E-state index in [0.717, 1.165) is 27.4 Å². The molecule has 0 fully saturated rings. The Labute approximate surface area is 184 Å². The van der Waals surface area contributed by atoms with Crippen molar-refractivity contribution in [2.24, 2.45) is 0 Å². The summed E-state index contributed by atoms with van der Waals surface area (Å²) in [6, 6.07) is 9.58. The molecule has 0 radical (unpaired) electrons. The molecule has 1 atom stereocenters. The van der Waals surface area contributed by atoms with Crippen LogP contribution in [0.25, 0.3) is 0 Å². The van der Waals surface area contributed by atoms with E-state index < -0.39 is 22.0 Å². The van der Waals surface area contributed by atoms with Gasteiger partial charge in [-0.2, -0.15) is 0 Å². The third-order valence-electron chi connectivity index (χ3n) is 4.58. The van der Waals surface area contributed by atoms with E-state index >= 15 is 0 Å². The summed E-state index contributed by atoms with van der Waals surface area (Å²) in [6.45, 7) is 5.99. The lowest BCUT2D eigenvalue weighted by Crippen LogP contribution is -2.48. The molecule has 1 amide bonds. The zero-order valence-electron chi connectivity index (χ0n) is 18.8. The first-order valence-electron chi connectivity index (χ1n) is 9.77. The van der Waals surface area contributed by atoms with Crippen LogP contribution in [-0.4, -0.2) is 54.0 Å². The molecule has 0 bridgehead atoms. The number of benzene rings is 2. The van der Waals surface area contributed by atoms with Crippen LogP contribution in [0.2, 0.25) is 0 Å². The highest BCUT2D eigenvalue weighted by molar-refractivity contribution is 7.92. The number of nitrogens with one attached hydrogen (secondary N) is 1. The van der Waals surface area contributed by atoms with E-state index in [1.807, 2.05) is 32.0 Å². The molecule has 0 aromatic heterocycles. The number of hydrogen-bond acceptors (Lipinski definition) is 6. The van der Waals surface area contributed by atoms with Gasteiger partial charge < -0.3 is 19.5 Å². The first-order valence-corrected chi connectivity index (χ1v) is 11.6. The van der Waals surface area contributed by atoms with E-state index in [1.54, 1.807) is 12.1 Å². The van der Waals surface area contributed by atoms with Gasteiger partial charge in [-0.25, -0.2) is 8.42 Å². The molecule has 0 saturated carbocycles. The minimum Gasteiger partial charge on any atom is -0.493 e. The fraction of sp³-hybridized carbons (Fsp3) is 0.409. The van der Waals surface area contributed by atoms with Crippen molar-refractivity contribution in [3.63, 3.8) is 0 Å². The second-order valence-corrected chi connectivity index (χ2v) is 9.10. The molecule has 0 spiro atoms. The van der Waals surface area contributed by atoms with Crippen molar-refractivity contribution in [1.29, 1.82) is 0 Å². The van der Waals surface area contributed by atoms with Crippen molar-refractivity contribution >= 4 is 21.6 Å². The standard InChI is InChI=1S/C22H30N2O6S/c1-15-11-16(2)13-19(12-15)30-10-9-23-22(25)17(3)24(31(6,26)27)18-7-8-20(28-4)21(14-18)29-5/h7-8,11-14,17H,9-10H2,1-6H3,(H,23,25)/t17-/m1/s1. The van der Waals surface area contributed by atoms with Crippen molar-refractivity contribution in [2.45, 2.75) is 26.8 Å². The minimum atomic E-state index is -3.75. The quantitative estimate of drug-likeness (QED) is 0.560. The minimum absolute atomic E-state index is 0.236. The number of nitrogens with zero attached hydrogens (tertiary/aromatic N) is 1. The Balaban J connectivity index is 2.07. The highest BCUT2D eigenvalue weighted by Crippen LogP contribution is 2.33. The molecule has 1 N–H and O–H groups in total. The van der Waals surface area contributed by atoms with Gasteiger partial charge in [0.05, 0.1) is 32.7 Å². The van der Waals surface area contributed by atoms with Crippen molar-refractivity contribution in [3.8, 4) is 17.2 Å². The Kier molecular flexibility index (Phi) is 8.15. The maximum Gasteiger partial charge on any atom is 0.243 e. The summed E-state index contributed by atoms with van der Waals surface area (Å²) in [6.07, 6.45) is 1.05. The van der Waals surface area contributed by atoms with Gasteiger partial charge in [0.1, 0.15) is 18.4 Å². The second kappa shape index (κ2) is 10.4. The Hall–Kier alpha value is -2.94. The van der Waals surface area contributed by atoms with E-state index in [9.17, 15) is 13.2 Å². The number of amides is 1. The number of anilines is 1. The van der Waals surface area contributed by atoms with Gasteiger partial charge in [0, 0.05) is 6.07 Å². The molecular weight excluding hydrogens is 420 g/mol. The summed E-state index contributed by atoms with van der Waals surface area (Å²) in [5.74, 6) is 1.11. The van der Waals surface area contributed by atoms with Crippen LogP contribution in [0.15, 0.2) is 36.4 Å². The van der Waals surface area contributed by atoms with E-state index in [1.165, 1.54) is 27.2 Å². The third-order valence-corrected chi connectivity index (χ3v) is 5.82. The molecule has 31 heavy (non-hydrogen) atoms. The lowest BCUT2D eigenvalue weighted by atomic mass is 10.1. The van der Waals surface area contributed by atoms with Crippen LogP contribution in [0.3, 0.4) is 0 Å². The monoisotopic (exact) mass is 450 g/mol. The molecule has 2 aromatic carbocycles. The predicted molar refractivity (Wildman–Crippen MR) is 121 cm³/mol. The molecular formula is C22H30N2O6S. The fourth-order valence-electron chi connectivity index (χ4n) is 3.28. The molecule has 2 rings (SSSR count). The van der Waals surface area contributed by atoms with E-state index in [-0.39, 0.29) is 13.2 Å². The van der Waals surface area contributed by atoms with Crippen molar-refractivity contribution < 1.29 is 27.4 Å². The average Bonchev–Trinajstić information content (AvgIpc) is 2.69. The Bertz CT molecular complexity index is 1000. The summed E-state index contributed by atoms with van der Waals surface area (Å²) < 4.78 is 42.1. The molecule has 0 aliphatic heterocycles. The normalized spacial score (nSPS) is 12.1. The SMILES string of the molecule is COc1ccc(N([C@H](C)C(=O)NCCOc2cc(C)cc(C)c2)S(C)(=O)=O)cc1OC. The fourth-order valence-corrected chi connectivity index (χ4v) is 4.44. The van der Waals surface area contributed by atoms with Gasteiger partial charge in [-0.3, -0.25) is 9.10 Å². The van der Waals surface area contributed by atoms with Gasteiger partial charge in [-0.15, -0.1) is 0 Å². The van der Waals surface area contributed by atoms with E-state index in [2.05, 4.69) is 5.32 Å². The maximum absolute atomic E-state index is 12.7. The Morgan fingerprint density at radius 1 is 1.03 bits per heavy atom. The topological polar surface area (TPSA) is 94.2 Å². The summed E-state index contributed by atoms with van der Waals surface area (Å²) >= 11 is 0. The van der Waals surface area contributed by atoms with Crippen molar-refractivity contribution in [3.05, 3.63) is 47.5 Å². The highest BCUT2D eigenvalue weighted by Gasteiger charge is 2.29. The summed E-state index contributed by atoms with van der Waals surface area (Å²) in [7, 11) is -0.800. The molecule has 0 aliphatic rings. The smallest absolute Gasteiger partial charge is 0.243 e. The Morgan fingerprint density at radius 3 is 2.19 bits per heavy atom. The number of carbonyl (C=O) groups is 1. The molecule has 8 nitrogen and oxygen atoms in total. The first-order chi connectivity index (χ1) is 14.6. The maximum atomic E-state index is 12.7. The van der Waals surface area contributed by atoms with Gasteiger partial charge in [0.2, 0.25) is 15.9 Å². The van der Waals surface area contributed by atoms with E-state index in [4.69, 9.17) is 14.2 Å². The number of aryl methyl sites for hydroxylation is 2. The average molecular weight is 451 g/mol. The number of methoxy groups -OCH3 is 2. The number of hydrogen-bond donors (Lipinski definition) is 1. The van der Waals surface area contributed by atoms with Crippen LogP contribution in [-0.2, 0) is 14.8 Å². The number of sulfonamides is 1. The molecule has 0 unspecified atom stereocenters.